The largest absolute Gasteiger partial charge is 0.498 e. The first-order chi connectivity index (χ1) is 9.24. The van der Waals surface area contributed by atoms with E-state index in [0.717, 1.165) is 0 Å². The van der Waals surface area contributed by atoms with Gasteiger partial charge in [0.25, 0.3) is 0 Å². The van der Waals surface area contributed by atoms with E-state index in [1.165, 1.54) is 0 Å². The molecule has 3 rings (SSSR count). The third-order valence-corrected chi connectivity index (χ3v) is 4.26. The van der Waals surface area contributed by atoms with Crippen LogP contribution in [0.25, 0.3) is 0 Å². The van der Waals surface area contributed by atoms with Crippen molar-refractivity contribution in [3.63, 3.8) is 0 Å². The third kappa shape index (κ3) is 2.04. The molecule has 2 fully saturated rings. The average Bonchev–Trinajstić information content (AvgIpc) is 2.56. The lowest BCUT2D eigenvalue weighted by Gasteiger charge is -2.32. The standard InChI is InChI=1S/C13H18BFN2O3/c1-11(2)12(3,4)20-14(19-11)9-5-16-10(17-6-9)13(15)7-18-8-13/h5-6H,7-8H2,1-4H3. The van der Waals surface area contributed by atoms with E-state index in [-0.39, 0.29) is 19.0 Å². The molecule has 2 aliphatic heterocycles. The van der Waals surface area contributed by atoms with Crippen LogP contribution in [-0.4, -0.2) is 41.5 Å². The SMILES string of the molecule is CC1(C)OB(c2cnc(C3(F)COC3)nc2)OC1(C)C. The van der Waals surface area contributed by atoms with Crippen LogP contribution in [0.3, 0.4) is 0 Å². The minimum Gasteiger partial charge on any atom is -0.399 e. The normalized spacial score (nSPS) is 26.4. The van der Waals surface area contributed by atoms with Crippen LogP contribution in [0.4, 0.5) is 4.39 Å². The van der Waals surface area contributed by atoms with Crippen molar-refractivity contribution in [2.75, 3.05) is 13.2 Å². The van der Waals surface area contributed by atoms with Gasteiger partial charge in [-0.25, -0.2) is 14.4 Å². The number of nitrogens with zero attached hydrogens (tertiary/aromatic N) is 2. The van der Waals surface area contributed by atoms with Crippen molar-refractivity contribution in [2.24, 2.45) is 0 Å². The zero-order valence-electron chi connectivity index (χ0n) is 12.1. The number of aromatic nitrogens is 2. The van der Waals surface area contributed by atoms with E-state index in [0.29, 0.717) is 5.46 Å². The molecule has 2 aliphatic rings. The van der Waals surface area contributed by atoms with Gasteiger partial charge in [-0.2, -0.15) is 0 Å². The Morgan fingerprint density at radius 3 is 1.95 bits per heavy atom. The van der Waals surface area contributed by atoms with E-state index in [2.05, 4.69) is 9.97 Å². The topological polar surface area (TPSA) is 53.5 Å². The molecule has 2 saturated heterocycles. The van der Waals surface area contributed by atoms with Crippen LogP contribution in [0.15, 0.2) is 12.4 Å². The number of ether oxygens (including phenoxy) is 1. The van der Waals surface area contributed by atoms with Gasteiger partial charge in [-0.15, -0.1) is 0 Å². The Kier molecular flexibility index (Phi) is 2.94. The molecule has 7 heteroatoms. The quantitative estimate of drug-likeness (QED) is 0.756. The summed E-state index contributed by atoms with van der Waals surface area (Å²) in [6.07, 6.45) is 3.12. The van der Waals surface area contributed by atoms with E-state index in [1.807, 2.05) is 27.7 Å². The van der Waals surface area contributed by atoms with Gasteiger partial charge in [0.15, 0.2) is 5.82 Å². The maximum Gasteiger partial charge on any atom is 0.498 e. The average molecular weight is 280 g/mol. The minimum absolute atomic E-state index is 0.0167. The molecule has 5 nitrogen and oxygen atoms in total. The molecule has 0 aliphatic carbocycles. The van der Waals surface area contributed by atoms with Crippen LogP contribution in [0.1, 0.15) is 33.5 Å². The van der Waals surface area contributed by atoms with Gasteiger partial charge in [0.05, 0.1) is 24.4 Å². The van der Waals surface area contributed by atoms with Gasteiger partial charge < -0.3 is 14.0 Å². The number of rotatable bonds is 2. The van der Waals surface area contributed by atoms with E-state index < -0.39 is 24.0 Å². The Labute approximate surface area is 118 Å². The molecule has 0 bridgehead atoms. The molecule has 0 atom stereocenters. The first-order valence-electron chi connectivity index (χ1n) is 6.68. The molecule has 0 saturated carbocycles. The van der Waals surface area contributed by atoms with Crippen molar-refractivity contribution in [3.05, 3.63) is 18.2 Å². The Morgan fingerprint density at radius 2 is 1.55 bits per heavy atom. The van der Waals surface area contributed by atoms with Crippen LogP contribution in [-0.2, 0) is 19.7 Å². The van der Waals surface area contributed by atoms with E-state index in [9.17, 15) is 4.39 Å². The monoisotopic (exact) mass is 280 g/mol. The summed E-state index contributed by atoms with van der Waals surface area (Å²) in [6.45, 7) is 7.94. The van der Waals surface area contributed by atoms with Gasteiger partial charge in [-0.1, -0.05) is 0 Å². The highest BCUT2D eigenvalue weighted by Crippen LogP contribution is 2.36. The van der Waals surface area contributed by atoms with E-state index >= 15 is 0 Å². The van der Waals surface area contributed by atoms with Crippen LogP contribution >= 0.6 is 0 Å². The fourth-order valence-electron chi connectivity index (χ4n) is 2.08. The molecule has 3 heterocycles. The van der Waals surface area contributed by atoms with Crippen LogP contribution in [0.5, 0.6) is 0 Å². The van der Waals surface area contributed by atoms with Gasteiger partial charge in [0.2, 0.25) is 5.67 Å². The fourth-order valence-corrected chi connectivity index (χ4v) is 2.08. The van der Waals surface area contributed by atoms with Crippen molar-refractivity contribution in [1.29, 1.82) is 0 Å². The molecule has 0 aromatic carbocycles. The molecule has 1 aromatic heterocycles. The lowest BCUT2D eigenvalue weighted by Crippen LogP contribution is -2.45. The molecule has 1 aromatic rings. The lowest BCUT2D eigenvalue weighted by atomic mass is 9.81. The number of alkyl halides is 1. The van der Waals surface area contributed by atoms with Crippen LogP contribution < -0.4 is 5.46 Å². The van der Waals surface area contributed by atoms with Crippen LogP contribution in [0, 0.1) is 0 Å². The maximum atomic E-state index is 14.1. The van der Waals surface area contributed by atoms with Gasteiger partial charge in [0.1, 0.15) is 0 Å². The van der Waals surface area contributed by atoms with Gasteiger partial charge in [-0.3, -0.25) is 0 Å². The molecule has 108 valence electrons. The summed E-state index contributed by atoms with van der Waals surface area (Å²) in [6, 6.07) is 0. The highest BCUT2D eigenvalue weighted by atomic mass is 19.1. The van der Waals surface area contributed by atoms with E-state index in [1.54, 1.807) is 12.4 Å². The highest BCUT2D eigenvalue weighted by Gasteiger charge is 2.52. The first-order valence-corrected chi connectivity index (χ1v) is 6.68. The van der Waals surface area contributed by atoms with Gasteiger partial charge in [0, 0.05) is 17.9 Å². The molecule has 0 radical (unpaired) electrons. The summed E-state index contributed by atoms with van der Waals surface area (Å²) < 4.78 is 30.7. The highest BCUT2D eigenvalue weighted by molar-refractivity contribution is 6.61. The Bertz CT molecular complexity index is 501. The smallest absolute Gasteiger partial charge is 0.399 e. The second-order valence-electron chi connectivity index (χ2n) is 6.39. The molecule has 0 unspecified atom stereocenters. The lowest BCUT2D eigenvalue weighted by molar-refractivity contribution is -0.140. The van der Waals surface area contributed by atoms with Crippen LogP contribution in [0.2, 0.25) is 0 Å². The zero-order valence-corrected chi connectivity index (χ0v) is 12.1. The third-order valence-electron chi connectivity index (χ3n) is 4.26. The Morgan fingerprint density at radius 1 is 1.05 bits per heavy atom. The molecule has 0 amide bonds. The first kappa shape index (κ1) is 13.9. The zero-order chi connectivity index (χ0) is 14.6. The summed E-state index contributed by atoms with van der Waals surface area (Å²) in [7, 11) is -0.526. The van der Waals surface area contributed by atoms with Crippen molar-refractivity contribution < 1.29 is 18.4 Å². The number of hydrogen-bond donors (Lipinski definition) is 0. The van der Waals surface area contributed by atoms with Crippen molar-refractivity contribution >= 4 is 12.6 Å². The molecule has 0 N–H and O–H groups in total. The second kappa shape index (κ2) is 4.22. The number of halogens is 1. The van der Waals surface area contributed by atoms with E-state index in [4.69, 9.17) is 14.0 Å². The predicted molar refractivity (Wildman–Crippen MR) is 71.4 cm³/mol. The van der Waals surface area contributed by atoms with Crippen molar-refractivity contribution in [2.45, 2.75) is 44.6 Å². The van der Waals surface area contributed by atoms with Crippen molar-refractivity contribution in [1.82, 2.24) is 9.97 Å². The maximum absolute atomic E-state index is 14.1. The number of hydrogen-bond acceptors (Lipinski definition) is 5. The molecular weight excluding hydrogens is 262 g/mol. The molecule has 20 heavy (non-hydrogen) atoms. The predicted octanol–water partition coefficient (Wildman–Crippen LogP) is 0.971. The summed E-state index contributed by atoms with van der Waals surface area (Å²) in [4.78, 5) is 8.17. The summed E-state index contributed by atoms with van der Waals surface area (Å²) in [5.41, 5.74) is -1.69. The Balaban J connectivity index is 1.79. The van der Waals surface area contributed by atoms with Gasteiger partial charge >= 0.3 is 7.12 Å². The summed E-state index contributed by atoms with van der Waals surface area (Å²) in [5, 5.41) is 0. The molecular formula is C13H18BFN2O3. The fraction of sp³-hybridized carbons (Fsp3) is 0.692. The summed E-state index contributed by atoms with van der Waals surface area (Å²) >= 11 is 0. The Hall–Kier alpha value is -1.05. The molecule has 0 spiro atoms. The second-order valence-corrected chi connectivity index (χ2v) is 6.39. The summed E-state index contributed by atoms with van der Waals surface area (Å²) in [5.74, 6) is 0.156. The van der Waals surface area contributed by atoms with Crippen molar-refractivity contribution in [3.8, 4) is 0 Å². The minimum atomic E-state index is -1.55. The van der Waals surface area contributed by atoms with Gasteiger partial charge in [-0.05, 0) is 27.7 Å².